The summed E-state index contributed by atoms with van der Waals surface area (Å²) in [5.41, 5.74) is 0.894. The van der Waals surface area contributed by atoms with Gasteiger partial charge in [0, 0.05) is 17.0 Å². The molecule has 1 atom stereocenters. The number of carbonyl (C=O) groups excluding carboxylic acids is 1. The molecule has 0 spiro atoms. The first-order valence-corrected chi connectivity index (χ1v) is 6.38. The van der Waals surface area contributed by atoms with Gasteiger partial charge in [0.05, 0.1) is 0 Å². The summed E-state index contributed by atoms with van der Waals surface area (Å²) in [7, 11) is 0. The van der Waals surface area contributed by atoms with Crippen molar-refractivity contribution in [2.24, 2.45) is 11.8 Å². The summed E-state index contributed by atoms with van der Waals surface area (Å²) in [6, 6.07) is 14.1. The Hall–Kier alpha value is -1.83. The van der Waals surface area contributed by atoms with E-state index in [1.807, 2.05) is 37.3 Å². The highest BCUT2D eigenvalue weighted by Crippen LogP contribution is 2.24. The number of amides is 1. The number of carbonyl (C=O) groups is 1. The number of anilines is 1. The molecule has 0 aromatic heterocycles. The molecule has 1 N–H and O–H groups in total. The highest BCUT2D eigenvalue weighted by molar-refractivity contribution is 6.02. The van der Waals surface area contributed by atoms with Crippen LogP contribution >= 0.6 is 0 Å². The fourth-order valence-electron chi connectivity index (χ4n) is 1.88. The molecular weight excluding hydrogens is 222 g/mol. The van der Waals surface area contributed by atoms with Gasteiger partial charge in [0.15, 0.2) is 0 Å². The van der Waals surface area contributed by atoms with Crippen molar-refractivity contribution in [2.45, 2.75) is 20.8 Å². The molecular formula is C16H19NO. The molecule has 2 aromatic rings. The van der Waals surface area contributed by atoms with Gasteiger partial charge in [-0.05, 0) is 17.4 Å². The van der Waals surface area contributed by atoms with E-state index in [4.69, 9.17) is 0 Å². The summed E-state index contributed by atoms with van der Waals surface area (Å²) in [6.07, 6.45) is 0. The fourth-order valence-corrected chi connectivity index (χ4v) is 1.88. The zero-order valence-corrected chi connectivity index (χ0v) is 11.1. The van der Waals surface area contributed by atoms with E-state index in [2.05, 4.69) is 31.3 Å². The van der Waals surface area contributed by atoms with Crippen LogP contribution in [0.3, 0.4) is 0 Å². The first-order valence-electron chi connectivity index (χ1n) is 6.38. The van der Waals surface area contributed by atoms with Crippen LogP contribution in [0, 0.1) is 11.8 Å². The predicted molar refractivity (Wildman–Crippen MR) is 76.6 cm³/mol. The lowest BCUT2D eigenvalue weighted by molar-refractivity contribution is -0.120. The van der Waals surface area contributed by atoms with Crippen molar-refractivity contribution in [1.29, 1.82) is 0 Å². The van der Waals surface area contributed by atoms with E-state index in [-0.39, 0.29) is 11.8 Å². The molecule has 0 aliphatic heterocycles. The summed E-state index contributed by atoms with van der Waals surface area (Å²) in [5, 5.41) is 5.26. The Labute approximate surface area is 108 Å². The molecule has 0 saturated carbocycles. The first kappa shape index (κ1) is 12.6. The second-order valence-electron chi connectivity index (χ2n) is 5.05. The number of hydrogen-bond donors (Lipinski definition) is 1. The minimum Gasteiger partial charge on any atom is -0.325 e. The molecule has 0 bridgehead atoms. The van der Waals surface area contributed by atoms with Crippen LogP contribution in [-0.4, -0.2) is 5.91 Å². The van der Waals surface area contributed by atoms with Gasteiger partial charge in [-0.1, -0.05) is 57.2 Å². The van der Waals surface area contributed by atoms with E-state index in [1.54, 1.807) is 0 Å². The van der Waals surface area contributed by atoms with Gasteiger partial charge >= 0.3 is 0 Å². The van der Waals surface area contributed by atoms with Crippen molar-refractivity contribution in [3.63, 3.8) is 0 Å². The van der Waals surface area contributed by atoms with Crippen molar-refractivity contribution in [3.05, 3.63) is 42.5 Å². The molecule has 0 saturated heterocycles. The van der Waals surface area contributed by atoms with Crippen molar-refractivity contribution >= 4 is 22.4 Å². The monoisotopic (exact) mass is 241 g/mol. The average Bonchev–Trinajstić information content (AvgIpc) is 2.38. The molecule has 2 rings (SSSR count). The summed E-state index contributed by atoms with van der Waals surface area (Å²) in [4.78, 5) is 12.1. The number of hydrogen-bond acceptors (Lipinski definition) is 1. The van der Waals surface area contributed by atoms with Crippen LogP contribution in [0.4, 0.5) is 5.69 Å². The zero-order chi connectivity index (χ0) is 13.1. The molecule has 0 fully saturated rings. The average molecular weight is 241 g/mol. The maximum Gasteiger partial charge on any atom is 0.227 e. The topological polar surface area (TPSA) is 29.1 Å². The Morgan fingerprint density at radius 1 is 1.00 bits per heavy atom. The van der Waals surface area contributed by atoms with Gasteiger partial charge in [-0.2, -0.15) is 0 Å². The van der Waals surface area contributed by atoms with Crippen LogP contribution in [0.25, 0.3) is 10.8 Å². The SMILES string of the molecule is CC(C)C(C)C(=O)Nc1cccc2ccccc12. The van der Waals surface area contributed by atoms with E-state index in [9.17, 15) is 4.79 Å². The lowest BCUT2D eigenvalue weighted by Crippen LogP contribution is -2.24. The molecule has 0 radical (unpaired) electrons. The third kappa shape index (κ3) is 2.53. The lowest BCUT2D eigenvalue weighted by atomic mass is 9.97. The van der Waals surface area contributed by atoms with Crippen molar-refractivity contribution in [3.8, 4) is 0 Å². The molecule has 0 aliphatic rings. The normalized spacial score (nSPS) is 12.7. The quantitative estimate of drug-likeness (QED) is 0.862. The van der Waals surface area contributed by atoms with Crippen LogP contribution in [0.15, 0.2) is 42.5 Å². The molecule has 2 nitrogen and oxygen atoms in total. The molecule has 94 valence electrons. The molecule has 2 heteroatoms. The van der Waals surface area contributed by atoms with Crippen LogP contribution in [0.2, 0.25) is 0 Å². The van der Waals surface area contributed by atoms with Crippen molar-refractivity contribution in [1.82, 2.24) is 0 Å². The summed E-state index contributed by atoms with van der Waals surface area (Å²) in [6.45, 7) is 6.09. The summed E-state index contributed by atoms with van der Waals surface area (Å²) >= 11 is 0. The zero-order valence-electron chi connectivity index (χ0n) is 11.1. The van der Waals surface area contributed by atoms with E-state index in [0.717, 1.165) is 16.5 Å². The van der Waals surface area contributed by atoms with E-state index in [1.165, 1.54) is 0 Å². The Morgan fingerprint density at radius 3 is 2.39 bits per heavy atom. The summed E-state index contributed by atoms with van der Waals surface area (Å²) < 4.78 is 0. The highest BCUT2D eigenvalue weighted by atomic mass is 16.1. The number of rotatable bonds is 3. The Morgan fingerprint density at radius 2 is 1.67 bits per heavy atom. The van der Waals surface area contributed by atoms with E-state index < -0.39 is 0 Å². The Balaban J connectivity index is 2.30. The van der Waals surface area contributed by atoms with Gasteiger partial charge < -0.3 is 5.32 Å². The molecule has 0 aliphatic carbocycles. The van der Waals surface area contributed by atoms with Crippen LogP contribution < -0.4 is 5.32 Å². The van der Waals surface area contributed by atoms with Gasteiger partial charge in [-0.15, -0.1) is 0 Å². The number of nitrogens with one attached hydrogen (secondary N) is 1. The van der Waals surface area contributed by atoms with Gasteiger partial charge in [-0.3, -0.25) is 4.79 Å². The minimum atomic E-state index is 0.0176. The molecule has 2 aromatic carbocycles. The van der Waals surface area contributed by atoms with Gasteiger partial charge in [0.2, 0.25) is 5.91 Å². The Kier molecular flexibility index (Phi) is 3.66. The second kappa shape index (κ2) is 5.21. The fraction of sp³-hybridized carbons (Fsp3) is 0.312. The number of benzene rings is 2. The summed E-state index contributed by atoms with van der Waals surface area (Å²) in [5.74, 6) is 0.449. The maximum absolute atomic E-state index is 12.1. The van der Waals surface area contributed by atoms with Gasteiger partial charge in [-0.25, -0.2) is 0 Å². The van der Waals surface area contributed by atoms with E-state index >= 15 is 0 Å². The van der Waals surface area contributed by atoms with Gasteiger partial charge in [0.1, 0.15) is 0 Å². The number of fused-ring (bicyclic) bond motifs is 1. The van der Waals surface area contributed by atoms with Crippen LogP contribution in [0.5, 0.6) is 0 Å². The minimum absolute atomic E-state index is 0.0176. The standard InChI is InChI=1S/C16H19NO/c1-11(2)12(3)16(18)17-15-10-6-8-13-7-4-5-9-14(13)15/h4-12H,1-3H3,(H,17,18). The maximum atomic E-state index is 12.1. The first-order chi connectivity index (χ1) is 8.59. The molecule has 18 heavy (non-hydrogen) atoms. The van der Waals surface area contributed by atoms with E-state index in [0.29, 0.717) is 5.92 Å². The highest BCUT2D eigenvalue weighted by Gasteiger charge is 2.17. The van der Waals surface area contributed by atoms with Crippen LogP contribution in [0.1, 0.15) is 20.8 Å². The van der Waals surface area contributed by atoms with Crippen LogP contribution in [-0.2, 0) is 4.79 Å². The third-order valence-corrected chi connectivity index (χ3v) is 3.46. The molecule has 1 amide bonds. The van der Waals surface area contributed by atoms with Crippen molar-refractivity contribution in [2.75, 3.05) is 5.32 Å². The van der Waals surface area contributed by atoms with Gasteiger partial charge in [0.25, 0.3) is 0 Å². The largest absolute Gasteiger partial charge is 0.325 e. The second-order valence-corrected chi connectivity index (χ2v) is 5.05. The predicted octanol–water partition coefficient (Wildman–Crippen LogP) is 4.07. The molecule has 1 unspecified atom stereocenters. The lowest BCUT2D eigenvalue weighted by Gasteiger charge is -2.16. The third-order valence-electron chi connectivity index (χ3n) is 3.46. The smallest absolute Gasteiger partial charge is 0.227 e. The molecule has 0 heterocycles. The Bertz CT molecular complexity index is 555. The van der Waals surface area contributed by atoms with Crippen molar-refractivity contribution < 1.29 is 4.79 Å².